The Hall–Kier alpha value is -2.69. The normalized spacial score (nSPS) is 11.5. The van der Waals surface area contributed by atoms with E-state index in [0.29, 0.717) is 18.0 Å². The largest absolute Gasteiger partial charge is 0.497 e. The molecule has 1 atom stereocenters. The van der Waals surface area contributed by atoms with Gasteiger partial charge in [0.2, 0.25) is 0 Å². The number of amides is 1. The summed E-state index contributed by atoms with van der Waals surface area (Å²) in [6.45, 7) is 2.32. The molecule has 0 spiro atoms. The van der Waals surface area contributed by atoms with Crippen molar-refractivity contribution in [2.45, 2.75) is 25.9 Å². The smallest absolute Gasteiger partial charge is 0.260 e. The first-order valence-corrected chi connectivity index (χ1v) is 8.34. The predicted molar refractivity (Wildman–Crippen MR) is 97.4 cm³/mol. The van der Waals surface area contributed by atoms with Crippen molar-refractivity contribution in [2.24, 2.45) is 0 Å². The van der Waals surface area contributed by atoms with E-state index in [9.17, 15) is 4.79 Å². The maximum Gasteiger partial charge on any atom is 0.260 e. The Morgan fingerprint density at radius 2 is 1.80 bits per heavy atom. The zero-order valence-electron chi connectivity index (χ0n) is 15.0. The lowest BCUT2D eigenvalue weighted by Gasteiger charge is -2.16. The number of ether oxygens (including phenoxy) is 3. The number of methoxy groups -OCH3 is 2. The van der Waals surface area contributed by atoms with Crippen molar-refractivity contribution < 1.29 is 19.0 Å². The Bertz CT molecular complexity index is 687. The molecule has 0 unspecified atom stereocenters. The Balaban J connectivity index is 1.75. The minimum absolute atomic E-state index is 0.142. The quantitative estimate of drug-likeness (QED) is 0.710. The molecule has 5 nitrogen and oxygen atoms in total. The van der Waals surface area contributed by atoms with E-state index < -0.39 is 6.10 Å². The van der Waals surface area contributed by atoms with Crippen molar-refractivity contribution in [1.82, 2.24) is 5.32 Å². The third kappa shape index (κ3) is 5.71. The molecule has 0 radical (unpaired) electrons. The van der Waals surface area contributed by atoms with Crippen LogP contribution in [0.15, 0.2) is 48.5 Å². The van der Waals surface area contributed by atoms with E-state index in [-0.39, 0.29) is 5.91 Å². The Morgan fingerprint density at radius 1 is 1.04 bits per heavy atom. The first-order chi connectivity index (χ1) is 12.1. The summed E-state index contributed by atoms with van der Waals surface area (Å²) in [5.41, 5.74) is 1.19. The number of aryl methyl sites for hydroxylation is 1. The second-order valence-corrected chi connectivity index (χ2v) is 5.66. The molecule has 0 saturated carbocycles. The van der Waals surface area contributed by atoms with E-state index in [1.54, 1.807) is 33.3 Å². The van der Waals surface area contributed by atoms with Crippen LogP contribution < -0.4 is 19.5 Å². The minimum Gasteiger partial charge on any atom is -0.497 e. The van der Waals surface area contributed by atoms with Gasteiger partial charge in [0.25, 0.3) is 5.91 Å². The van der Waals surface area contributed by atoms with Crippen LogP contribution in [0.25, 0.3) is 0 Å². The molecule has 1 N–H and O–H groups in total. The summed E-state index contributed by atoms with van der Waals surface area (Å²) in [5, 5.41) is 2.90. The van der Waals surface area contributed by atoms with E-state index in [1.165, 1.54) is 5.56 Å². The van der Waals surface area contributed by atoms with Crippen LogP contribution in [-0.4, -0.2) is 32.8 Å². The molecule has 1 amide bonds. The number of para-hydroxylation sites is 2. The van der Waals surface area contributed by atoms with Gasteiger partial charge < -0.3 is 19.5 Å². The minimum atomic E-state index is -0.590. The van der Waals surface area contributed by atoms with E-state index in [0.717, 1.165) is 18.6 Å². The fraction of sp³-hybridized carbons (Fsp3) is 0.350. The van der Waals surface area contributed by atoms with Gasteiger partial charge in [0.15, 0.2) is 17.6 Å². The number of carbonyl (C=O) groups excluding carboxylic acids is 1. The standard InChI is InChI=1S/C20H25NO4/c1-15(25-19-12-5-4-11-18(19)24-3)20(22)21-13-7-9-16-8-6-10-17(14-16)23-2/h4-6,8,10-12,14-15H,7,9,13H2,1-3H3,(H,21,22)/t15-/m1/s1. The fourth-order valence-electron chi connectivity index (χ4n) is 2.44. The first-order valence-electron chi connectivity index (χ1n) is 8.34. The molecule has 134 valence electrons. The van der Waals surface area contributed by atoms with Crippen molar-refractivity contribution in [2.75, 3.05) is 20.8 Å². The average molecular weight is 343 g/mol. The molecule has 2 aromatic carbocycles. The molecule has 25 heavy (non-hydrogen) atoms. The number of benzene rings is 2. The number of hydrogen-bond acceptors (Lipinski definition) is 4. The summed E-state index contributed by atoms with van der Waals surface area (Å²) in [6, 6.07) is 15.2. The van der Waals surface area contributed by atoms with E-state index in [1.807, 2.05) is 30.3 Å². The van der Waals surface area contributed by atoms with Crippen LogP contribution in [0.2, 0.25) is 0 Å². The summed E-state index contributed by atoms with van der Waals surface area (Å²) >= 11 is 0. The van der Waals surface area contributed by atoms with Crippen LogP contribution in [0, 0.1) is 0 Å². The first kappa shape index (κ1) is 18.6. The SMILES string of the molecule is COc1cccc(CCCNC(=O)[C@@H](C)Oc2ccccc2OC)c1. The van der Waals surface area contributed by atoms with E-state index >= 15 is 0 Å². The van der Waals surface area contributed by atoms with Gasteiger partial charge in [-0.2, -0.15) is 0 Å². The van der Waals surface area contributed by atoms with Gasteiger partial charge in [-0.1, -0.05) is 24.3 Å². The molecule has 5 heteroatoms. The van der Waals surface area contributed by atoms with Crippen LogP contribution in [0.1, 0.15) is 18.9 Å². The lowest BCUT2D eigenvalue weighted by molar-refractivity contribution is -0.127. The predicted octanol–water partition coefficient (Wildman–Crippen LogP) is 3.22. The van der Waals surface area contributed by atoms with Crippen molar-refractivity contribution >= 4 is 5.91 Å². The van der Waals surface area contributed by atoms with Gasteiger partial charge in [0.05, 0.1) is 14.2 Å². The average Bonchev–Trinajstić information content (AvgIpc) is 2.65. The molecular weight excluding hydrogens is 318 g/mol. The summed E-state index contributed by atoms with van der Waals surface area (Å²) in [7, 11) is 3.23. The summed E-state index contributed by atoms with van der Waals surface area (Å²) in [4.78, 5) is 12.2. The third-order valence-electron chi connectivity index (χ3n) is 3.82. The summed E-state index contributed by atoms with van der Waals surface area (Å²) in [5.74, 6) is 1.88. The van der Waals surface area contributed by atoms with E-state index in [2.05, 4.69) is 11.4 Å². The lowest BCUT2D eigenvalue weighted by atomic mass is 10.1. The van der Waals surface area contributed by atoms with Gasteiger partial charge in [-0.25, -0.2) is 0 Å². The second-order valence-electron chi connectivity index (χ2n) is 5.66. The number of carbonyl (C=O) groups is 1. The van der Waals surface area contributed by atoms with Crippen LogP contribution in [0.3, 0.4) is 0 Å². The highest BCUT2D eigenvalue weighted by Crippen LogP contribution is 2.26. The van der Waals surface area contributed by atoms with Crippen molar-refractivity contribution in [1.29, 1.82) is 0 Å². The van der Waals surface area contributed by atoms with Gasteiger partial charge in [-0.05, 0) is 49.6 Å². The lowest BCUT2D eigenvalue weighted by Crippen LogP contribution is -2.37. The molecule has 0 bridgehead atoms. The highest BCUT2D eigenvalue weighted by atomic mass is 16.5. The summed E-state index contributed by atoms with van der Waals surface area (Å²) in [6.07, 6.45) is 1.13. The van der Waals surface area contributed by atoms with Crippen LogP contribution in [0.5, 0.6) is 17.2 Å². The van der Waals surface area contributed by atoms with Crippen LogP contribution >= 0.6 is 0 Å². The van der Waals surface area contributed by atoms with Crippen LogP contribution in [-0.2, 0) is 11.2 Å². The van der Waals surface area contributed by atoms with Gasteiger partial charge in [0.1, 0.15) is 5.75 Å². The van der Waals surface area contributed by atoms with E-state index in [4.69, 9.17) is 14.2 Å². The maximum atomic E-state index is 12.2. The molecule has 2 aromatic rings. The molecule has 0 aliphatic heterocycles. The molecule has 2 rings (SSSR count). The van der Waals surface area contributed by atoms with Gasteiger partial charge >= 0.3 is 0 Å². The molecule has 0 aromatic heterocycles. The molecule has 0 fully saturated rings. The summed E-state index contributed by atoms with van der Waals surface area (Å²) < 4.78 is 16.1. The van der Waals surface area contributed by atoms with Gasteiger partial charge in [-0.3, -0.25) is 4.79 Å². The maximum absolute atomic E-state index is 12.2. The molecule has 0 aliphatic carbocycles. The van der Waals surface area contributed by atoms with Gasteiger partial charge in [-0.15, -0.1) is 0 Å². The topological polar surface area (TPSA) is 56.8 Å². The monoisotopic (exact) mass is 343 g/mol. The Morgan fingerprint density at radius 3 is 2.52 bits per heavy atom. The molecule has 0 heterocycles. The van der Waals surface area contributed by atoms with Crippen molar-refractivity contribution in [3.05, 3.63) is 54.1 Å². The number of hydrogen-bond donors (Lipinski definition) is 1. The zero-order valence-corrected chi connectivity index (χ0v) is 15.0. The molecular formula is C20H25NO4. The van der Waals surface area contributed by atoms with Crippen LogP contribution in [0.4, 0.5) is 0 Å². The third-order valence-corrected chi connectivity index (χ3v) is 3.82. The molecule has 0 saturated heterocycles. The fourth-order valence-corrected chi connectivity index (χ4v) is 2.44. The number of nitrogens with one attached hydrogen (secondary N) is 1. The second kappa shape index (κ2) is 9.57. The molecule has 0 aliphatic rings. The van der Waals surface area contributed by atoms with Gasteiger partial charge in [0, 0.05) is 6.54 Å². The highest BCUT2D eigenvalue weighted by Gasteiger charge is 2.16. The van der Waals surface area contributed by atoms with Crippen molar-refractivity contribution in [3.63, 3.8) is 0 Å². The Labute approximate surface area is 148 Å². The number of rotatable bonds is 9. The van der Waals surface area contributed by atoms with Crippen molar-refractivity contribution in [3.8, 4) is 17.2 Å². The zero-order chi connectivity index (χ0) is 18.1. The highest BCUT2D eigenvalue weighted by molar-refractivity contribution is 5.80. The Kier molecular flexibility index (Phi) is 7.14.